The summed E-state index contributed by atoms with van der Waals surface area (Å²) in [6.07, 6.45) is 0. The summed E-state index contributed by atoms with van der Waals surface area (Å²) >= 11 is 5.86. The lowest BCUT2D eigenvalue weighted by Gasteiger charge is -2.07. The third-order valence-corrected chi connectivity index (χ3v) is 3.00. The summed E-state index contributed by atoms with van der Waals surface area (Å²) < 4.78 is 19.0. The van der Waals surface area contributed by atoms with E-state index in [9.17, 15) is 4.39 Å². The van der Waals surface area contributed by atoms with Crippen LogP contribution in [0.15, 0.2) is 42.5 Å². The lowest BCUT2D eigenvalue weighted by Crippen LogP contribution is -2.32. The van der Waals surface area contributed by atoms with Crippen molar-refractivity contribution in [2.45, 2.75) is 13.2 Å². The lowest BCUT2D eigenvalue weighted by molar-refractivity contribution is 0.107. The second-order valence-electron chi connectivity index (χ2n) is 4.35. The first-order valence-corrected chi connectivity index (χ1v) is 6.40. The highest BCUT2D eigenvalue weighted by molar-refractivity contribution is 6.58. The van der Waals surface area contributed by atoms with Gasteiger partial charge in [-0.25, -0.2) is 4.39 Å². The largest absolute Gasteiger partial charge is 0.491 e. The fourth-order valence-electron chi connectivity index (χ4n) is 1.78. The van der Waals surface area contributed by atoms with Gasteiger partial charge in [-0.1, -0.05) is 35.9 Å². The molecule has 0 aliphatic heterocycles. The molecule has 0 heterocycles. The molecule has 2 rings (SSSR count). The molecule has 2 aromatic carbocycles. The summed E-state index contributed by atoms with van der Waals surface area (Å²) in [6.45, 7) is 0.595. The molecule has 0 saturated carbocycles. The van der Waals surface area contributed by atoms with E-state index in [1.54, 1.807) is 18.2 Å². The monoisotopic (exact) mass is 294 g/mol. The minimum atomic E-state index is -1.81. The Hall–Kier alpha value is -1.40. The molecule has 0 unspecified atom stereocenters. The molecule has 0 aliphatic rings. The number of ether oxygens (including phenoxy) is 1. The number of rotatable bonds is 5. The summed E-state index contributed by atoms with van der Waals surface area (Å²) in [6, 6.07) is 11.4. The summed E-state index contributed by atoms with van der Waals surface area (Å²) in [7, 11) is -1.81. The molecule has 0 saturated heterocycles. The summed E-state index contributed by atoms with van der Waals surface area (Å²) in [5, 5.41) is 18.5. The van der Waals surface area contributed by atoms with Gasteiger partial charge in [-0.3, -0.25) is 0 Å². The first-order chi connectivity index (χ1) is 9.56. The average molecular weight is 295 g/mol. The van der Waals surface area contributed by atoms with Gasteiger partial charge in [0.2, 0.25) is 0 Å². The highest BCUT2D eigenvalue weighted by Crippen LogP contribution is 2.12. The molecule has 20 heavy (non-hydrogen) atoms. The van der Waals surface area contributed by atoms with Crippen LogP contribution >= 0.6 is 11.6 Å². The van der Waals surface area contributed by atoms with Crippen molar-refractivity contribution in [2.24, 2.45) is 0 Å². The van der Waals surface area contributed by atoms with Crippen molar-refractivity contribution in [1.82, 2.24) is 0 Å². The van der Waals surface area contributed by atoms with E-state index in [-0.39, 0.29) is 12.1 Å². The van der Waals surface area contributed by atoms with Gasteiger partial charge < -0.3 is 14.8 Å². The maximum absolute atomic E-state index is 13.5. The summed E-state index contributed by atoms with van der Waals surface area (Å²) in [4.78, 5) is 0. The molecule has 0 spiro atoms. The normalized spacial score (nSPS) is 10.6. The summed E-state index contributed by atoms with van der Waals surface area (Å²) in [5.41, 5.74) is 1.40. The van der Waals surface area contributed by atoms with Crippen molar-refractivity contribution in [3.8, 4) is 0 Å². The number of halogens is 2. The van der Waals surface area contributed by atoms with Crippen LogP contribution in [0.5, 0.6) is 0 Å². The Balaban J connectivity index is 1.93. The van der Waals surface area contributed by atoms with E-state index < -0.39 is 12.9 Å². The van der Waals surface area contributed by atoms with Crippen LogP contribution in [0, 0.1) is 5.82 Å². The van der Waals surface area contributed by atoms with Crippen LogP contribution in [0.3, 0.4) is 0 Å². The maximum Gasteiger partial charge on any atom is 0.491 e. The van der Waals surface area contributed by atoms with Crippen molar-refractivity contribution < 1.29 is 19.2 Å². The Bertz CT molecular complexity index is 592. The van der Waals surface area contributed by atoms with E-state index in [1.165, 1.54) is 12.1 Å². The zero-order valence-electron chi connectivity index (χ0n) is 10.6. The van der Waals surface area contributed by atoms with Crippen molar-refractivity contribution in [3.63, 3.8) is 0 Å². The first-order valence-electron chi connectivity index (χ1n) is 6.03. The topological polar surface area (TPSA) is 49.7 Å². The molecule has 0 fully saturated rings. The molecular weight excluding hydrogens is 281 g/mol. The highest BCUT2D eigenvalue weighted by atomic mass is 35.5. The molecule has 104 valence electrons. The molecule has 2 N–H and O–H groups in total. The van der Waals surface area contributed by atoms with E-state index >= 15 is 0 Å². The molecular formula is C14H13BClFO3. The molecule has 0 bridgehead atoms. The first kappa shape index (κ1) is 15.0. The van der Waals surface area contributed by atoms with Gasteiger partial charge in [0.1, 0.15) is 5.82 Å². The van der Waals surface area contributed by atoms with E-state index in [0.717, 1.165) is 5.56 Å². The van der Waals surface area contributed by atoms with E-state index in [1.807, 2.05) is 12.1 Å². The third-order valence-electron chi connectivity index (χ3n) is 2.77. The Morgan fingerprint density at radius 3 is 2.35 bits per heavy atom. The van der Waals surface area contributed by atoms with Crippen LogP contribution in [-0.2, 0) is 18.0 Å². The minimum absolute atomic E-state index is 0.149. The van der Waals surface area contributed by atoms with Crippen molar-refractivity contribution in [2.75, 3.05) is 0 Å². The Morgan fingerprint density at radius 1 is 1.05 bits per heavy atom. The average Bonchev–Trinajstić information content (AvgIpc) is 2.38. The van der Waals surface area contributed by atoms with E-state index in [2.05, 4.69) is 0 Å². The number of hydrogen-bond acceptors (Lipinski definition) is 3. The molecule has 0 radical (unpaired) electrons. The summed E-state index contributed by atoms with van der Waals surface area (Å²) in [5.74, 6) is -0.663. The Labute approximate surface area is 121 Å². The van der Waals surface area contributed by atoms with Gasteiger partial charge in [0.25, 0.3) is 0 Å². The highest BCUT2D eigenvalue weighted by Gasteiger charge is 2.16. The van der Waals surface area contributed by atoms with Crippen LogP contribution in [0.2, 0.25) is 5.02 Å². The van der Waals surface area contributed by atoms with Crippen molar-refractivity contribution in [1.29, 1.82) is 0 Å². The Morgan fingerprint density at radius 2 is 1.75 bits per heavy atom. The minimum Gasteiger partial charge on any atom is -0.423 e. The fraction of sp³-hybridized carbons (Fsp3) is 0.143. The van der Waals surface area contributed by atoms with Gasteiger partial charge in [0.05, 0.1) is 13.2 Å². The molecule has 0 atom stereocenters. The van der Waals surface area contributed by atoms with Gasteiger partial charge in [-0.05, 0) is 29.3 Å². The quantitative estimate of drug-likeness (QED) is 0.828. The maximum atomic E-state index is 13.5. The third kappa shape index (κ3) is 4.05. The second kappa shape index (κ2) is 6.86. The van der Waals surface area contributed by atoms with Crippen LogP contribution in [0.4, 0.5) is 4.39 Å². The predicted octanol–water partition coefficient (Wildman–Crippen LogP) is 1.88. The fourth-order valence-corrected chi connectivity index (χ4v) is 2.00. The second-order valence-corrected chi connectivity index (χ2v) is 4.79. The SMILES string of the molecule is OB(O)c1ccc(COCc2cccc(Cl)c2)cc1F. The number of hydrogen-bond donors (Lipinski definition) is 2. The van der Waals surface area contributed by atoms with Gasteiger partial charge in [-0.15, -0.1) is 0 Å². The molecule has 0 amide bonds. The van der Waals surface area contributed by atoms with Gasteiger partial charge in [0.15, 0.2) is 0 Å². The van der Waals surface area contributed by atoms with E-state index in [0.29, 0.717) is 17.2 Å². The van der Waals surface area contributed by atoms with Crippen LogP contribution in [-0.4, -0.2) is 17.2 Å². The zero-order valence-corrected chi connectivity index (χ0v) is 11.3. The smallest absolute Gasteiger partial charge is 0.423 e. The van der Waals surface area contributed by atoms with Gasteiger partial charge in [0, 0.05) is 10.5 Å². The van der Waals surface area contributed by atoms with E-state index in [4.69, 9.17) is 26.4 Å². The molecule has 3 nitrogen and oxygen atoms in total. The van der Waals surface area contributed by atoms with Crippen LogP contribution < -0.4 is 5.46 Å². The standard InChI is InChI=1S/C14H13BClFO3/c16-12-3-1-2-10(6-12)8-20-9-11-4-5-13(15(18)19)14(17)7-11/h1-7,18-19H,8-9H2. The molecule has 2 aromatic rings. The Kier molecular flexibility index (Phi) is 5.14. The molecule has 0 aromatic heterocycles. The molecule has 6 heteroatoms. The van der Waals surface area contributed by atoms with Crippen LogP contribution in [0.1, 0.15) is 11.1 Å². The van der Waals surface area contributed by atoms with Crippen molar-refractivity contribution in [3.05, 3.63) is 64.4 Å². The zero-order chi connectivity index (χ0) is 14.5. The van der Waals surface area contributed by atoms with Crippen LogP contribution in [0.25, 0.3) is 0 Å². The number of benzene rings is 2. The predicted molar refractivity (Wildman–Crippen MR) is 76.2 cm³/mol. The molecule has 0 aliphatic carbocycles. The van der Waals surface area contributed by atoms with Gasteiger partial charge >= 0.3 is 7.12 Å². The van der Waals surface area contributed by atoms with Gasteiger partial charge in [-0.2, -0.15) is 0 Å². The lowest BCUT2D eigenvalue weighted by atomic mass is 9.79. The van der Waals surface area contributed by atoms with Crippen molar-refractivity contribution >= 4 is 24.2 Å².